The van der Waals surface area contributed by atoms with Gasteiger partial charge in [0, 0.05) is 32.4 Å². The fourth-order valence-corrected chi connectivity index (χ4v) is 1.93. The van der Waals surface area contributed by atoms with E-state index in [9.17, 15) is 9.90 Å². The number of aliphatic imine (C=N–C) groups is 1. The lowest BCUT2D eigenvalue weighted by atomic mass is 10.1. The van der Waals surface area contributed by atoms with E-state index in [2.05, 4.69) is 35.7 Å². The van der Waals surface area contributed by atoms with Gasteiger partial charge in [0.1, 0.15) is 11.5 Å². The molecular weight excluding hydrogens is 335 g/mol. The normalized spacial score (nSPS) is 10.3. The van der Waals surface area contributed by atoms with Crippen LogP contribution >= 0.6 is 23.2 Å². The van der Waals surface area contributed by atoms with Gasteiger partial charge in [0.05, 0.1) is 10.7 Å². The number of nitrogens with zero attached hydrogens (tertiary/aromatic N) is 2. The van der Waals surface area contributed by atoms with Crippen LogP contribution < -0.4 is 0 Å². The zero-order chi connectivity index (χ0) is 17.8. The van der Waals surface area contributed by atoms with Crippen LogP contribution in [0.15, 0.2) is 11.1 Å². The lowest BCUT2D eigenvalue weighted by Crippen LogP contribution is -2.07. The van der Waals surface area contributed by atoms with Crippen molar-refractivity contribution in [3.05, 3.63) is 21.9 Å². The number of rotatable bonds is 4. The number of carbonyl (C=O) groups is 1. The summed E-state index contributed by atoms with van der Waals surface area (Å²) in [5.41, 5.74) is 0.991. The molecule has 0 saturated carbocycles. The standard InChI is InChI=1S/C11H12Cl2N2O2.C6H10/c1-6(16)3-4-8(14-2)10-7(12)5-9(17)11(13)15-10;1-3-5-6-4-2/h5,17H,3-4H2,1-2H3;3-4H2,1-2H3. The highest BCUT2D eigenvalue weighted by Crippen LogP contribution is 2.27. The van der Waals surface area contributed by atoms with E-state index in [1.54, 1.807) is 7.05 Å². The first kappa shape index (κ1) is 21.4. The quantitative estimate of drug-likeness (QED) is 0.483. The fraction of sp³-hybridized carbons (Fsp3) is 0.471. The second-order valence-corrected chi connectivity index (χ2v) is 5.33. The number of carbonyl (C=O) groups excluding carboxylic acids is 1. The Bertz CT molecular complexity index is 609. The molecule has 0 aromatic carbocycles. The Morgan fingerprint density at radius 3 is 2.26 bits per heavy atom. The fourth-order valence-electron chi connectivity index (χ4n) is 1.54. The van der Waals surface area contributed by atoms with E-state index in [1.165, 1.54) is 13.0 Å². The van der Waals surface area contributed by atoms with Gasteiger partial charge in [-0.3, -0.25) is 4.99 Å². The van der Waals surface area contributed by atoms with Crippen molar-refractivity contribution in [2.75, 3.05) is 7.05 Å². The average molecular weight is 357 g/mol. The van der Waals surface area contributed by atoms with E-state index >= 15 is 0 Å². The third-order valence-corrected chi connectivity index (χ3v) is 3.21. The maximum atomic E-state index is 10.9. The molecule has 23 heavy (non-hydrogen) atoms. The lowest BCUT2D eigenvalue weighted by Gasteiger charge is -2.07. The molecule has 1 N–H and O–H groups in total. The lowest BCUT2D eigenvalue weighted by molar-refractivity contribution is -0.116. The molecule has 1 aromatic rings. The van der Waals surface area contributed by atoms with Gasteiger partial charge < -0.3 is 9.90 Å². The molecule has 1 aromatic heterocycles. The van der Waals surface area contributed by atoms with Gasteiger partial charge in [0.2, 0.25) is 0 Å². The number of hydrogen-bond donors (Lipinski definition) is 1. The highest BCUT2D eigenvalue weighted by atomic mass is 35.5. The summed E-state index contributed by atoms with van der Waals surface area (Å²) in [6, 6.07) is 1.31. The molecule has 1 rings (SSSR count). The second-order valence-electron chi connectivity index (χ2n) is 4.56. The predicted molar refractivity (Wildman–Crippen MR) is 96.7 cm³/mol. The minimum atomic E-state index is -0.178. The summed E-state index contributed by atoms with van der Waals surface area (Å²) in [5, 5.41) is 9.55. The topological polar surface area (TPSA) is 62.5 Å². The Kier molecular flexibility index (Phi) is 11.1. The van der Waals surface area contributed by atoms with Crippen LogP contribution in [0.25, 0.3) is 0 Å². The zero-order valence-corrected chi connectivity index (χ0v) is 15.4. The van der Waals surface area contributed by atoms with Crippen LogP contribution in [0.2, 0.25) is 10.2 Å². The summed E-state index contributed by atoms with van der Waals surface area (Å²) in [6.45, 7) is 5.62. The maximum Gasteiger partial charge on any atom is 0.171 e. The van der Waals surface area contributed by atoms with Crippen LogP contribution in [0.5, 0.6) is 5.75 Å². The molecule has 0 unspecified atom stereocenters. The molecule has 0 atom stereocenters. The van der Waals surface area contributed by atoms with Crippen molar-refractivity contribution >= 4 is 34.7 Å². The highest BCUT2D eigenvalue weighted by molar-refractivity contribution is 6.35. The van der Waals surface area contributed by atoms with Crippen LogP contribution in [0.4, 0.5) is 0 Å². The van der Waals surface area contributed by atoms with E-state index in [1.807, 2.05) is 0 Å². The number of aromatic hydroxyl groups is 1. The Hall–Kier alpha value is -1.57. The molecular formula is C17H22Cl2N2O2. The molecule has 0 amide bonds. The average Bonchev–Trinajstić information content (AvgIpc) is 2.51. The molecule has 126 valence electrons. The first-order valence-electron chi connectivity index (χ1n) is 7.33. The monoisotopic (exact) mass is 356 g/mol. The molecule has 0 saturated heterocycles. The molecule has 4 nitrogen and oxygen atoms in total. The van der Waals surface area contributed by atoms with Crippen molar-refractivity contribution in [2.24, 2.45) is 4.99 Å². The summed E-state index contributed by atoms with van der Waals surface area (Å²) < 4.78 is 0. The number of Topliss-reactive ketones (excluding diaryl/α,β-unsaturated/α-hetero) is 1. The first-order chi connectivity index (χ1) is 10.9. The second kappa shape index (κ2) is 11.9. The van der Waals surface area contributed by atoms with E-state index in [4.69, 9.17) is 23.2 Å². The minimum Gasteiger partial charge on any atom is -0.505 e. The van der Waals surface area contributed by atoms with Crippen LogP contribution in [0, 0.1) is 11.8 Å². The smallest absolute Gasteiger partial charge is 0.171 e. The van der Waals surface area contributed by atoms with Crippen molar-refractivity contribution in [3.8, 4) is 17.6 Å². The van der Waals surface area contributed by atoms with Crippen molar-refractivity contribution in [1.29, 1.82) is 0 Å². The Balaban J connectivity index is 0.000000688. The number of pyridine rings is 1. The van der Waals surface area contributed by atoms with Gasteiger partial charge in [-0.05, 0) is 13.3 Å². The Morgan fingerprint density at radius 1 is 1.26 bits per heavy atom. The third kappa shape index (κ3) is 8.59. The number of hydrogen-bond acceptors (Lipinski definition) is 4. The minimum absolute atomic E-state index is 0.0339. The van der Waals surface area contributed by atoms with E-state index in [0.29, 0.717) is 24.2 Å². The molecule has 0 aliphatic heterocycles. The van der Waals surface area contributed by atoms with Gasteiger partial charge in [0.25, 0.3) is 0 Å². The van der Waals surface area contributed by atoms with Gasteiger partial charge in [-0.2, -0.15) is 0 Å². The van der Waals surface area contributed by atoms with Crippen LogP contribution in [-0.4, -0.2) is 28.6 Å². The van der Waals surface area contributed by atoms with Gasteiger partial charge in [-0.25, -0.2) is 4.98 Å². The Labute approximate surface area is 147 Å². The molecule has 0 radical (unpaired) electrons. The van der Waals surface area contributed by atoms with Gasteiger partial charge >= 0.3 is 0 Å². The molecule has 0 fully saturated rings. The molecule has 6 heteroatoms. The largest absolute Gasteiger partial charge is 0.505 e. The van der Waals surface area contributed by atoms with Crippen LogP contribution in [0.3, 0.4) is 0 Å². The molecule has 1 heterocycles. The summed E-state index contributed by atoms with van der Waals surface area (Å²) in [6.07, 6.45) is 2.80. The van der Waals surface area contributed by atoms with E-state index < -0.39 is 0 Å². The van der Waals surface area contributed by atoms with Crippen molar-refractivity contribution < 1.29 is 9.90 Å². The molecule has 0 aliphatic rings. The zero-order valence-electron chi connectivity index (χ0n) is 13.9. The number of aromatic nitrogens is 1. The summed E-state index contributed by atoms with van der Waals surface area (Å²) in [5.74, 6) is 5.78. The van der Waals surface area contributed by atoms with E-state index in [-0.39, 0.29) is 21.7 Å². The maximum absolute atomic E-state index is 10.9. The van der Waals surface area contributed by atoms with Crippen molar-refractivity contribution in [2.45, 2.75) is 46.5 Å². The van der Waals surface area contributed by atoms with Crippen LogP contribution in [0.1, 0.15) is 52.1 Å². The van der Waals surface area contributed by atoms with Gasteiger partial charge in [0.15, 0.2) is 10.9 Å². The molecule has 0 aliphatic carbocycles. The van der Waals surface area contributed by atoms with E-state index in [0.717, 1.165) is 12.8 Å². The summed E-state index contributed by atoms with van der Waals surface area (Å²) >= 11 is 11.7. The first-order valence-corrected chi connectivity index (χ1v) is 8.09. The SMILES string of the molecule is CCC#CCC.CN=C(CCC(C)=O)c1nc(Cl)c(O)cc1Cl. The van der Waals surface area contributed by atoms with Crippen molar-refractivity contribution in [1.82, 2.24) is 4.98 Å². The van der Waals surface area contributed by atoms with Gasteiger partial charge in [-0.15, -0.1) is 11.8 Å². The summed E-state index contributed by atoms with van der Waals surface area (Å²) in [4.78, 5) is 18.9. The van der Waals surface area contributed by atoms with Gasteiger partial charge in [-0.1, -0.05) is 37.0 Å². The Morgan fingerprint density at radius 2 is 1.83 bits per heavy atom. The number of halogens is 2. The van der Waals surface area contributed by atoms with Crippen molar-refractivity contribution in [3.63, 3.8) is 0 Å². The summed E-state index contributed by atoms with van der Waals surface area (Å²) in [7, 11) is 1.59. The molecule has 0 spiro atoms. The number of ketones is 1. The third-order valence-electron chi connectivity index (χ3n) is 2.65. The predicted octanol–water partition coefficient (Wildman–Crippen LogP) is 4.69. The van der Waals surface area contributed by atoms with Crippen LogP contribution in [-0.2, 0) is 4.79 Å². The molecule has 0 bridgehead atoms. The highest BCUT2D eigenvalue weighted by Gasteiger charge is 2.14.